The molecule has 0 spiro atoms. The van der Waals surface area contributed by atoms with E-state index in [1.807, 2.05) is 37.4 Å². The first kappa shape index (κ1) is 16.8. The number of carbonyl (C=O) groups is 2. The largest absolute Gasteiger partial charge is 0.388 e. The molecule has 2 fully saturated rings. The van der Waals surface area contributed by atoms with Crippen molar-refractivity contribution in [2.75, 3.05) is 19.4 Å². The van der Waals surface area contributed by atoms with Crippen molar-refractivity contribution >= 4 is 28.3 Å². The number of nitrogens with zero attached hydrogens (tertiary/aromatic N) is 2. The highest BCUT2D eigenvalue weighted by Gasteiger charge is 2.44. The number of fused-ring (bicyclic) bond motifs is 2. The minimum absolute atomic E-state index is 0.00360. The maximum absolute atomic E-state index is 13.4. The summed E-state index contributed by atoms with van der Waals surface area (Å²) in [5.41, 5.74) is 2.25. The fourth-order valence-electron chi connectivity index (χ4n) is 5.46. The summed E-state index contributed by atoms with van der Waals surface area (Å²) in [7, 11) is 4.06. The van der Waals surface area contributed by atoms with Crippen molar-refractivity contribution in [1.82, 2.24) is 9.80 Å². The van der Waals surface area contributed by atoms with E-state index in [9.17, 15) is 9.59 Å². The Hall–Kier alpha value is -2.40. The quantitative estimate of drug-likeness (QED) is 0.830. The molecule has 0 aromatic heterocycles. The van der Waals surface area contributed by atoms with Crippen molar-refractivity contribution in [3.05, 3.63) is 41.5 Å². The summed E-state index contributed by atoms with van der Waals surface area (Å²) < 4.78 is 0. The zero-order valence-corrected chi connectivity index (χ0v) is 15.9. The zero-order chi connectivity index (χ0) is 18.7. The molecule has 5 rings (SSSR count). The van der Waals surface area contributed by atoms with Gasteiger partial charge in [0, 0.05) is 52.8 Å². The molecule has 3 atom stereocenters. The topological polar surface area (TPSA) is 52.7 Å². The van der Waals surface area contributed by atoms with Crippen LogP contribution in [0.5, 0.6) is 0 Å². The second-order valence-electron chi connectivity index (χ2n) is 8.15. The van der Waals surface area contributed by atoms with Gasteiger partial charge >= 0.3 is 0 Å². The lowest BCUT2D eigenvalue weighted by Gasteiger charge is -2.49. The molecule has 2 amide bonds. The summed E-state index contributed by atoms with van der Waals surface area (Å²) in [5.74, 6) is -0.252. The number of benzene rings is 2. The lowest BCUT2D eigenvalue weighted by atomic mass is 9.80. The van der Waals surface area contributed by atoms with E-state index in [1.165, 1.54) is 6.42 Å². The fourth-order valence-corrected chi connectivity index (χ4v) is 5.46. The van der Waals surface area contributed by atoms with Crippen LogP contribution in [0.1, 0.15) is 52.8 Å². The smallest absolute Gasteiger partial charge is 0.261 e. The van der Waals surface area contributed by atoms with Gasteiger partial charge in [0.15, 0.2) is 0 Å². The van der Waals surface area contributed by atoms with Gasteiger partial charge in [-0.05, 0) is 50.9 Å². The number of nitrogens with one attached hydrogen (secondary N) is 1. The Kier molecular flexibility index (Phi) is 3.76. The molecule has 2 bridgehead atoms. The molecule has 0 unspecified atom stereocenters. The predicted octanol–water partition coefficient (Wildman–Crippen LogP) is 3.49. The molecular formula is C22H25N3O2. The normalized spacial score (nSPS) is 27.9. The molecule has 3 aliphatic heterocycles. The van der Waals surface area contributed by atoms with Gasteiger partial charge in [0.05, 0.1) is 0 Å². The molecule has 5 nitrogen and oxygen atoms in total. The van der Waals surface area contributed by atoms with Crippen molar-refractivity contribution in [3.8, 4) is 0 Å². The number of anilines is 1. The van der Waals surface area contributed by atoms with Gasteiger partial charge in [0.2, 0.25) is 0 Å². The van der Waals surface area contributed by atoms with Crippen molar-refractivity contribution in [3.63, 3.8) is 0 Å². The second kappa shape index (κ2) is 6.06. The summed E-state index contributed by atoms with van der Waals surface area (Å²) in [4.78, 5) is 30.8. The average molecular weight is 363 g/mol. The van der Waals surface area contributed by atoms with E-state index in [-0.39, 0.29) is 17.9 Å². The Bertz CT molecular complexity index is 918. The molecule has 1 N–H and O–H groups in total. The monoisotopic (exact) mass is 363 g/mol. The number of hydrogen-bond donors (Lipinski definition) is 1. The van der Waals surface area contributed by atoms with Gasteiger partial charge in [-0.2, -0.15) is 0 Å². The highest BCUT2D eigenvalue weighted by molar-refractivity contribution is 6.26. The van der Waals surface area contributed by atoms with Crippen molar-refractivity contribution in [1.29, 1.82) is 0 Å². The first-order valence-corrected chi connectivity index (χ1v) is 9.93. The van der Waals surface area contributed by atoms with Crippen LogP contribution in [0.3, 0.4) is 0 Å². The van der Waals surface area contributed by atoms with E-state index in [4.69, 9.17) is 0 Å². The third kappa shape index (κ3) is 2.34. The van der Waals surface area contributed by atoms with E-state index >= 15 is 0 Å². The summed E-state index contributed by atoms with van der Waals surface area (Å²) >= 11 is 0. The van der Waals surface area contributed by atoms with Crippen LogP contribution < -0.4 is 5.32 Å². The molecule has 0 aliphatic carbocycles. The van der Waals surface area contributed by atoms with Crippen molar-refractivity contribution in [2.24, 2.45) is 0 Å². The zero-order valence-electron chi connectivity index (χ0n) is 15.9. The molecule has 3 heterocycles. The standard InChI is InChI=1S/C22H25N3O2/c1-23-19-10-9-18-20-16(19)7-4-8-17(20)21(26)25(22(18)27)15-11-13-5-3-6-14(12-15)24(13)2/h4,7-10,13-15,23H,3,5-6,11-12H2,1-2H3/t13-,14+,15+. The van der Waals surface area contributed by atoms with E-state index < -0.39 is 0 Å². The number of piperidine rings is 2. The molecule has 2 aromatic carbocycles. The van der Waals surface area contributed by atoms with E-state index in [1.54, 1.807) is 4.90 Å². The highest BCUT2D eigenvalue weighted by Crippen LogP contribution is 2.39. The number of carbonyl (C=O) groups excluding carboxylic acids is 2. The summed E-state index contributed by atoms with van der Waals surface area (Å²) in [6, 6.07) is 10.5. The van der Waals surface area contributed by atoms with Gasteiger partial charge in [-0.15, -0.1) is 0 Å². The van der Waals surface area contributed by atoms with Crippen LogP contribution in [-0.2, 0) is 0 Å². The maximum Gasteiger partial charge on any atom is 0.261 e. The fraction of sp³-hybridized carbons (Fsp3) is 0.455. The van der Waals surface area contributed by atoms with E-state index in [2.05, 4.69) is 17.3 Å². The Labute approximate surface area is 159 Å². The van der Waals surface area contributed by atoms with Crippen LogP contribution in [0, 0.1) is 0 Å². The van der Waals surface area contributed by atoms with Crippen LogP contribution >= 0.6 is 0 Å². The van der Waals surface area contributed by atoms with Crippen LogP contribution in [0.15, 0.2) is 30.3 Å². The molecule has 2 aromatic rings. The highest BCUT2D eigenvalue weighted by atomic mass is 16.2. The Morgan fingerprint density at radius 3 is 2.26 bits per heavy atom. The van der Waals surface area contributed by atoms with Crippen molar-refractivity contribution in [2.45, 2.75) is 50.2 Å². The van der Waals surface area contributed by atoms with Crippen LogP contribution in [-0.4, -0.2) is 53.8 Å². The second-order valence-corrected chi connectivity index (χ2v) is 8.15. The molecule has 0 radical (unpaired) electrons. The number of amides is 2. The first-order chi connectivity index (χ1) is 13.1. The van der Waals surface area contributed by atoms with Gasteiger partial charge in [-0.1, -0.05) is 18.6 Å². The third-order valence-corrected chi connectivity index (χ3v) is 6.89. The van der Waals surface area contributed by atoms with Gasteiger partial charge in [0.25, 0.3) is 11.8 Å². The molecular weight excluding hydrogens is 338 g/mol. The van der Waals surface area contributed by atoms with Gasteiger partial charge in [-0.3, -0.25) is 14.5 Å². The Morgan fingerprint density at radius 1 is 0.926 bits per heavy atom. The first-order valence-electron chi connectivity index (χ1n) is 9.93. The molecule has 27 heavy (non-hydrogen) atoms. The van der Waals surface area contributed by atoms with Crippen LogP contribution in [0.4, 0.5) is 5.69 Å². The summed E-state index contributed by atoms with van der Waals surface area (Å²) in [6.07, 6.45) is 5.37. The van der Waals surface area contributed by atoms with Gasteiger partial charge < -0.3 is 10.2 Å². The van der Waals surface area contributed by atoms with E-state index in [0.29, 0.717) is 23.2 Å². The SMILES string of the molecule is CNc1ccc2c3c(cccc13)C(=O)N([C@H]1C[C@H]3CCC[C@@H](C1)N3C)C2=O. The maximum atomic E-state index is 13.4. The van der Waals surface area contributed by atoms with Crippen molar-refractivity contribution < 1.29 is 9.59 Å². The number of rotatable bonds is 2. The molecule has 2 saturated heterocycles. The molecule has 140 valence electrons. The van der Waals surface area contributed by atoms with Crippen LogP contribution in [0.25, 0.3) is 10.8 Å². The minimum atomic E-state index is -0.126. The molecule has 0 saturated carbocycles. The van der Waals surface area contributed by atoms with Crippen LogP contribution in [0.2, 0.25) is 0 Å². The minimum Gasteiger partial charge on any atom is -0.388 e. The predicted molar refractivity (Wildman–Crippen MR) is 106 cm³/mol. The van der Waals surface area contributed by atoms with Gasteiger partial charge in [-0.25, -0.2) is 0 Å². The lowest BCUT2D eigenvalue weighted by molar-refractivity contribution is 0.0108. The molecule has 5 heteroatoms. The molecule has 3 aliphatic rings. The average Bonchev–Trinajstić information content (AvgIpc) is 2.66. The summed E-state index contributed by atoms with van der Waals surface area (Å²) in [5, 5.41) is 4.90. The third-order valence-electron chi connectivity index (χ3n) is 6.89. The Balaban J connectivity index is 1.59. The Morgan fingerprint density at radius 2 is 1.59 bits per heavy atom. The summed E-state index contributed by atoms with van der Waals surface area (Å²) in [6.45, 7) is 0. The number of imide groups is 1. The van der Waals surface area contributed by atoms with E-state index in [0.717, 1.165) is 42.1 Å². The van der Waals surface area contributed by atoms with Gasteiger partial charge in [0.1, 0.15) is 0 Å². The number of hydrogen-bond acceptors (Lipinski definition) is 4. The lowest BCUT2D eigenvalue weighted by Crippen LogP contribution is -2.58.